The lowest BCUT2D eigenvalue weighted by Gasteiger charge is -2.18. The Labute approximate surface area is 144 Å². The van der Waals surface area contributed by atoms with Gasteiger partial charge in [-0.1, -0.05) is 58.0 Å². The van der Waals surface area contributed by atoms with Crippen molar-refractivity contribution >= 4 is 18.9 Å². The van der Waals surface area contributed by atoms with E-state index < -0.39 is 19.1 Å². The van der Waals surface area contributed by atoms with Gasteiger partial charge in [-0.15, -0.1) is 0 Å². The summed E-state index contributed by atoms with van der Waals surface area (Å²) in [7, 11) is -1.61. The first-order chi connectivity index (χ1) is 11.3. The fourth-order valence-corrected chi connectivity index (χ4v) is 1.67. The summed E-state index contributed by atoms with van der Waals surface area (Å²) in [6, 6.07) is 8.56. The molecule has 1 aromatic rings. The van der Waals surface area contributed by atoms with Gasteiger partial charge < -0.3 is 20.7 Å². The van der Waals surface area contributed by atoms with Crippen molar-refractivity contribution in [1.82, 2.24) is 10.6 Å². The van der Waals surface area contributed by atoms with Crippen LogP contribution in [0.1, 0.15) is 39.7 Å². The number of amides is 2. The van der Waals surface area contributed by atoms with Crippen LogP contribution in [-0.2, 0) is 16.0 Å². The Balaban J connectivity index is 0.00000118. The van der Waals surface area contributed by atoms with Crippen LogP contribution in [0.4, 0.5) is 0 Å². The normalized spacial score (nSPS) is 11.1. The fourth-order valence-electron chi connectivity index (χ4n) is 1.67. The molecule has 1 aromatic carbocycles. The Morgan fingerprint density at radius 2 is 1.67 bits per heavy atom. The van der Waals surface area contributed by atoms with Gasteiger partial charge in [0.05, 0.1) is 6.44 Å². The Morgan fingerprint density at radius 3 is 2.12 bits per heavy atom. The predicted octanol–water partition coefficient (Wildman–Crippen LogP) is 0.914. The summed E-state index contributed by atoms with van der Waals surface area (Å²) in [6.07, 6.45) is 0.354. The van der Waals surface area contributed by atoms with E-state index in [-0.39, 0.29) is 18.8 Å². The van der Waals surface area contributed by atoms with Crippen molar-refractivity contribution in [3.8, 4) is 0 Å². The molecule has 0 unspecified atom stereocenters. The van der Waals surface area contributed by atoms with Gasteiger partial charge in [-0.05, 0) is 11.5 Å². The number of hydrogen-bond acceptors (Lipinski definition) is 4. The summed E-state index contributed by atoms with van der Waals surface area (Å²) >= 11 is 0. The van der Waals surface area contributed by atoms with Crippen molar-refractivity contribution < 1.29 is 19.6 Å². The van der Waals surface area contributed by atoms with Crippen molar-refractivity contribution in [2.75, 3.05) is 6.44 Å². The van der Waals surface area contributed by atoms with Gasteiger partial charge in [-0.3, -0.25) is 9.59 Å². The van der Waals surface area contributed by atoms with E-state index >= 15 is 0 Å². The van der Waals surface area contributed by atoms with E-state index in [1.165, 1.54) is 0 Å². The second-order valence-electron chi connectivity index (χ2n) is 6.12. The molecule has 4 N–H and O–H groups in total. The lowest BCUT2D eigenvalue weighted by molar-refractivity contribution is -0.128. The van der Waals surface area contributed by atoms with Crippen molar-refractivity contribution in [2.24, 2.45) is 5.92 Å². The van der Waals surface area contributed by atoms with Crippen molar-refractivity contribution in [1.29, 1.82) is 0 Å². The van der Waals surface area contributed by atoms with Crippen LogP contribution in [0.2, 0.25) is 0 Å². The minimum absolute atomic E-state index is 0.231. The minimum Gasteiger partial charge on any atom is -0.426 e. The van der Waals surface area contributed by atoms with E-state index in [1.807, 2.05) is 30.3 Å². The number of benzene rings is 1. The van der Waals surface area contributed by atoms with E-state index in [0.29, 0.717) is 6.42 Å². The average molecular weight is 336 g/mol. The molecule has 0 aliphatic heterocycles. The third-order valence-electron chi connectivity index (χ3n) is 2.71. The second-order valence-corrected chi connectivity index (χ2v) is 6.12. The number of nitrogens with one attached hydrogen (secondary N) is 2. The molecule has 134 valence electrons. The third-order valence-corrected chi connectivity index (χ3v) is 2.71. The Hall–Kier alpha value is -1.86. The summed E-state index contributed by atoms with van der Waals surface area (Å²) in [5, 5.41) is 22.5. The first-order valence-corrected chi connectivity index (χ1v) is 8.23. The number of hydrogen-bond donors (Lipinski definition) is 4. The van der Waals surface area contributed by atoms with Crippen LogP contribution in [0, 0.1) is 5.92 Å². The van der Waals surface area contributed by atoms with Gasteiger partial charge in [-0.2, -0.15) is 0 Å². The SMILES string of the molecule is CC(C)C.CCC(=O)N[C@@H](Cc1ccccc1)C(=O)NCB(O)O. The zero-order chi connectivity index (χ0) is 18.5. The highest BCUT2D eigenvalue weighted by molar-refractivity contribution is 6.41. The van der Waals surface area contributed by atoms with Crippen molar-refractivity contribution in [3.05, 3.63) is 35.9 Å². The first-order valence-electron chi connectivity index (χ1n) is 8.23. The Morgan fingerprint density at radius 1 is 1.12 bits per heavy atom. The average Bonchev–Trinajstić information content (AvgIpc) is 2.52. The maximum Gasteiger partial charge on any atom is 0.472 e. The lowest BCUT2D eigenvalue weighted by Crippen LogP contribution is -2.50. The van der Waals surface area contributed by atoms with Gasteiger partial charge in [0, 0.05) is 12.8 Å². The molecular formula is C17H29BN2O4. The molecule has 0 aliphatic rings. The van der Waals surface area contributed by atoms with Gasteiger partial charge in [-0.25, -0.2) is 0 Å². The molecule has 6 nitrogen and oxygen atoms in total. The van der Waals surface area contributed by atoms with Gasteiger partial charge in [0.25, 0.3) is 0 Å². The predicted molar refractivity (Wildman–Crippen MR) is 96.1 cm³/mol. The molecule has 0 fully saturated rings. The van der Waals surface area contributed by atoms with Crippen LogP contribution < -0.4 is 10.6 Å². The summed E-state index contributed by atoms with van der Waals surface area (Å²) in [5.74, 6) is 0.161. The van der Waals surface area contributed by atoms with Crippen LogP contribution >= 0.6 is 0 Å². The minimum atomic E-state index is -1.61. The molecule has 0 spiro atoms. The molecule has 0 bridgehead atoms. The standard InChI is InChI=1S/C13H19BN2O4.C4H10/c1-2-12(17)16-11(13(18)15-9-14(19)20)8-10-6-4-3-5-7-10;1-4(2)3/h3-7,11,19-20H,2,8-9H2,1H3,(H,15,18)(H,16,17);4H,1-3H3/t11-;/m0./s1. The quantitative estimate of drug-likeness (QED) is 0.556. The highest BCUT2D eigenvalue weighted by Crippen LogP contribution is 2.04. The van der Waals surface area contributed by atoms with Crippen molar-refractivity contribution in [3.63, 3.8) is 0 Å². The highest BCUT2D eigenvalue weighted by atomic mass is 16.4. The fraction of sp³-hybridized carbons (Fsp3) is 0.529. The Kier molecular flexibility index (Phi) is 11.6. The molecular weight excluding hydrogens is 307 g/mol. The van der Waals surface area contributed by atoms with E-state index in [4.69, 9.17) is 10.0 Å². The molecule has 0 heterocycles. The first kappa shape index (κ1) is 22.1. The van der Waals surface area contributed by atoms with E-state index in [0.717, 1.165) is 11.5 Å². The molecule has 0 saturated carbocycles. The van der Waals surface area contributed by atoms with Crippen LogP contribution in [0.15, 0.2) is 30.3 Å². The number of carbonyl (C=O) groups excluding carboxylic acids is 2. The summed E-state index contributed by atoms with van der Waals surface area (Å²) in [6.45, 7) is 8.20. The molecule has 0 aliphatic carbocycles. The van der Waals surface area contributed by atoms with Gasteiger partial charge >= 0.3 is 7.12 Å². The molecule has 1 atom stereocenters. The maximum atomic E-state index is 12.0. The zero-order valence-electron chi connectivity index (χ0n) is 15.0. The highest BCUT2D eigenvalue weighted by Gasteiger charge is 2.21. The topological polar surface area (TPSA) is 98.7 Å². The van der Waals surface area contributed by atoms with Crippen molar-refractivity contribution in [2.45, 2.75) is 46.6 Å². The molecule has 1 rings (SSSR count). The van der Waals surface area contributed by atoms with Gasteiger partial charge in [0.1, 0.15) is 6.04 Å². The number of carbonyl (C=O) groups is 2. The van der Waals surface area contributed by atoms with Gasteiger partial charge in [0.2, 0.25) is 11.8 Å². The Bertz CT molecular complexity index is 478. The van der Waals surface area contributed by atoms with Crippen LogP contribution in [0.3, 0.4) is 0 Å². The van der Waals surface area contributed by atoms with Gasteiger partial charge in [0.15, 0.2) is 0 Å². The van der Waals surface area contributed by atoms with Crippen LogP contribution in [0.5, 0.6) is 0 Å². The second kappa shape index (κ2) is 12.6. The summed E-state index contributed by atoms with van der Waals surface area (Å²) in [5.41, 5.74) is 0.911. The van der Waals surface area contributed by atoms with Crippen LogP contribution in [-0.4, -0.2) is 41.5 Å². The number of rotatable bonds is 7. The molecule has 7 heteroatoms. The molecule has 0 radical (unpaired) electrons. The molecule has 0 aromatic heterocycles. The van der Waals surface area contributed by atoms with E-state index in [1.54, 1.807) is 6.92 Å². The summed E-state index contributed by atoms with van der Waals surface area (Å²) < 4.78 is 0. The molecule has 24 heavy (non-hydrogen) atoms. The van der Waals surface area contributed by atoms with E-state index in [2.05, 4.69) is 31.4 Å². The van der Waals surface area contributed by atoms with E-state index in [9.17, 15) is 9.59 Å². The largest absolute Gasteiger partial charge is 0.472 e. The monoisotopic (exact) mass is 336 g/mol. The molecule has 0 saturated heterocycles. The smallest absolute Gasteiger partial charge is 0.426 e. The molecule has 2 amide bonds. The lowest BCUT2D eigenvalue weighted by atomic mass is 9.92. The maximum absolute atomic E-state index is 12.0. The zero-order valence-corrected chi connectivity index (χ0v) is 15.0. The summed E-state index contributed by atoms with van der Waals surface area (Å²) in [4.78, 5) is 23.4. The third kappa shape index (κ3) is 11.7. The van der Waals surface area contributed by atoms with Crippen LogP contribution in [0.25, 0.3) is 0 Å².